The summed E-state index contributed by atoms with van der Waals surface area (Å²) in [5, 5.41) is 11.7. The number of carboxylic acid groups (broad SMARTS) is 1. The van der Waals surface area contributed by atoms with E-state index in [0.717, 1.165) is 44.9 Å². The third-order valence-electron chi connectivity index (χ3n) is 10.7. The number of carbonyl (C=O) groups excluding carboxylic acids is 3. The first-order valence-electron chi connectivity index (χ1n) is 24.7. The molecular formula is C54H91NO7. The van der Waals surface area contributed by atoms with Crippen molar-refractivity contribution in [3.8, 4) is 0 Å². The smallest absolute Gasteiger partial charge is 0.306 e. The monoisotopic (exact) mass is 866 g/mol. The molecule has 0 aromatic carbocycles. The molecule has 0 radical (unpaired) electrons. The van der Waals surface area contributed by atoms with E-state index in [1.165, 1.54) is 103 Å². The van der Waals surface area contributed by atoms with E-state index in [1.807, 2.05) is 72.9 Å². The van der Waals surface area contributed by atoms with Crippen molar-refractivity contribution in [3.63, 3.8) is 0 Å². The number of hydrogen-bond donors (Lipinski definition) is 0. The molecule has 8 nitrogen and oxygen atoms in total. The Bertz CT molecular complexity index is 1290. The molecule has 8 heteroatoms. The average molecular weight is 866 g/mol. The lowest BCUT2D eigenvalue weighted by atomic mass is 10.0. The number of rotatable bonds is 43. The average Bonchev–Trinajstić information content (AvgIpc) is 3.23. The zero-order chi connectivity index (χ0) is 45.6. The number of carbonyl (C=O) groups is 3. The number of likely N-dealkylation sites (N-methyl/N-ethyl adjacent to an activating group) is 1. The largest absolute Gasteiger partial charge is 0.544 e. The summed E-state index contributed by atoms with van der Waals surface area (Å²) < 4.78 is 17.2. The van der Waals surface area contributed by atoms with Gasteiger partial charge in [-0.1, -0.05) is 221 Å². The molecule has 2 atom stereocenters. The second-order valence-corrected chi connectivity index (χ2v) is 17.5. The fraction of sp³-hybridized carbons (Fsp3) is 0.685. The molecule has 0 heterocycles. The van der Waals surface area contributed by atoms with Crippen LogP contribution in [-0.2, 0) is 28.6 Å². The number of nitrogens with zero attached hydrogens (tertiary/aromatic N) is 1. The number of carboxylic acids is 1. The number of aliphatic carboxylic acids is 1. The number of allylic oxidation sites excluding steroid dienone is 14. The first-order chi connectivity index (χ1) is 30.1. The molecule has 2 unspecified atom stereocenters. The topological polar surface area (TPSA) is 102 Å². The molecule has 0 aliphatic rings. The SMILES string of the molecule is CC/C=C/C=C/C=C/C=C/C=C/C=C/C=C/CCCCCC(=O)OC(COCCC(C(=O)[O-])[N+](C)(C)C)COC(=O)CCCCCCCCCCCCCCCCCCCCC. The van der Waals surface area contributed by atoms with E-state index in [9.17, 15) is 19.5 Å². The van der Waals surface area contributed by atoms with Crippen molar-refractivity contribution >= 4 is 17.9 Å². The van der Waals surface area contributed by atoms with Gasteiger partial charge in [0.05, 0.1) is 40.3 Å². The van der Waals surface area contributed by atoms with E-state index in [0.29, 0.717) is 12.8 Å². The van der Waals surface area contributed by atoms with Gasteiger partial charge in [-0.25, -0.2) is 0 Å². The summed E-state index contributed by atoms with van der Waals surface area (Å²) >= 11 is 0. The van der Waals surface area contributed by atoms with Crippen molar-refractivity contribution in [3.05, 3.63) is 85.1 Å². The van der Waals surface area contributed by atoms with Crippen LogP contribution in [0.3, 0.4) is 0 Å². The van der Waals surface area contributed by atoms with E-state index < -0.39 is 18.1 Å². The van der Waals surface area contributed by atoms with Crippen LogP contribution in [0.5, 0.6) is 0 Å². The minimum absolute atomic E-state index is 0.0187. The van der Waals surface area contributed by atoms with Gasteiger partial charge >= 0.3 is 11.9 Å². The summed E-state index contributed by atoms with van der Waals surface area (Å²) in [4.78, 5) is 37.0. The van der Waals surface area contributed by atoms with Gasteiger partial charge < -0.3 is 28.6 Å². The number of quaternary nitrogens is 1. The highest BCUT2D eigenvalue weighted by Crippen LogP contribution is 2.16. The van der Waals surface area contributed by atoms with Gasteiger partial charge in [-0.3, -0.25) is 9.59 Å². The lowest BCUT2D eigenvalue weighted by molar-refractivity contribution is -0.889. The molecule has 354 valence electrons. The van der Waals surface area contributed by atoms with E-state index in [2.05, 4.69) is 26.0 Å². The highest BCUT2D eigenvalue weighted by Gasteiger charge is 2.25. The molecular weight excluding hydrogens is 775 g/mol. The molecule has 0 rings (SSSR count). The number of unbranched alkanes of at least 4 members (excludes halogenated alkanes) is 21. The van der Waals surface area contributed by atoms with Crippen molar-refractivity contribution in [2.45, 2.75) is 199 Å². The Morgan fingerprint density at radius 3 is 1.34 bits per heavy atom. The lowest BCUT2D eigenvalue weighted by Gasteiger charge is -2.34. The van der Waals surface area contributed by atoms with Crippen LogP contribution in [0, 0.1) is 0 Å². The molecule has 0 aromatic rings. The predicted octanol–water partition coefficient (Wildman–Crippen LogP) is 12.7. The zero-order valence-corrected chi connectivity index (χ0v) is 40.3. The molecule has 0 aliphatic carbocycles. The van der Waals surface area contributed by atoms with Gasteiger partial charge in [0.1, 0.15) is 12.6 Å². The van der Waals surface area contributed by atoms with Crippen LogP contribution >= 0.6 is 0 Å². The zero-order valence-electron chi connectivity index (χ0n) is 40.3. The molecule has 0 saturated carbocycles. The third-order valence-corrected chi connectivity index (χ3v) is 10.7. The van der Waals surface area contributed by atoms with Crippen LogP contribution in [0.15, 0.2) is 85.1 Å². The molecule has 0 saturated heterocycles. The van der Waals surface area contributed by atoms with Crippen LogP contribution in [-0.4, -0.2) is 75.5 Å². The van der Waals surface area contributed by atoms with Crippen LogP contribution in [0.4, 0.5) is 0 Å². The van der Waals surface area contributed by atoms with Crippen molar-refractivity contribution in [1.29, 1.82) is 0 Å². The van der Waals surface area contributed by atoms with E-state index >= 15 is 0 Å². The summed E-state index contributed by atoms with van der Waals surface area (Å²) in [6.07, 6.45) is 57.5. The first-order valence-corrected chi connectivity index (χ1v) is 24.7. The minimum Gasteiger partial charge on any atom is -0.544 e. The van der Waals surface area contributed by atoms with E-state index in [-0.39, 0.29) is 49.1 Å². The number of ether oxygens (including phenoxy) is 3. The molecule has 0 fully saturated rings. The van der Waals surface area contributed by atoms with Crippen LogP contribution < -0.4 is 5.11 Å². The first kappa shape index (κ1) is 58.5. The van der Waals surface area contributed by atoms with Crippen molar-refractivity contribution in [1.82, 2.24) is 0 Å². The van der Waals surface area contributed by atoms with Crippen LogP contribution in [0.1, 0.15) is 187 Å². The Morgan fingerprint density at radius 2 is 0.903 bits per heavy atom. The summed E-state index contributed by atoms with van der Waals surface area (Å²) in [5.74, 6) is -1.80. The fourth-order valence-electron chi connectivity index (χ4n) is 6.94. The highest BCUT2D eigenvalue weighted by molar-refractivity contribution is 5.70. The quantitative estimate of drug-likeness (QED) is 0.0260. The Labute approximate surface area is 380 Å². The van der Waals surface area contributed by atoms with Gasteiger partial charge in [0.15, 0.2) is 6.10 Å². The Hall–Kier alpha value is -3.49. The third kappa shape index (κ3) is 41.8. The van der Waals surface area contributed by atoms with Gasteiger partial charge in [-0.15, -0.1) is 0 Å². The summed E-state index contributed by atoms with van der Waals surface area (Å²) in [5.41, 5.74) is 0. The van der Waals surface area contributed by atoms with Crippen LogP contribution in [0.25, 0.3) is 0 Å². The lowest BCUT2D eigenvalue weighted by Crippen LogP contribution is -2.55. The molecule has 62 heavy (non-hydrogen) atoms. The second kappa shape index (κ2) is 44.1. The fourth-order valence-corrected chi connectivity index (χ4v) is 6.94. The molecule has 0 amide bonds. The Morgan fingerprint density at radius 1 is 0.500 bits per heavy atom. The van der Waals surface area contributed by atoms with Crippen molar-refractivity contribution < 1.29 is 38.2 Å². The van der Waals surface area contributed by atoms with Crippen molar-refractivity contribution in [2.24, 2.45) is 0 Å². The summed E-state index contributed by atoms with van der Waals surface area (Å²) in [6, 6.07) is -0.739. The van der Waals surface area contributed by atoms with Crippen LogP contribution in [0.2, 0.25) is 0 Å². The van der Waals surface area contributed by atoms with E-state index in [4.69, 9.17) is 14.2 Å². The standard InChI is InChI=1S/C54H91NO7/c1-6-8-10-12-14-16-18-20-22-24-26-28-30-32-34-36-38-40-42-44-52(56)61-49-50(48-60-47-46-51(54(58)59)55(3,4)5)62-53(57)45-43-41-39-37-35-33-31-29-27-25-23-21-19-17-15-13-11-9-7-2/h9,11,13,15,17,19,21,23,25,27,29,31,33,35,50-51H,6-8,10,12,14,16,18,20,22,24,26,28,30,32,34,36-49H2,1-5H3/b11-9+,15-13+,19-17+,23-21+,27-25+,31-29+,35-33+. The van der Waals surface area contributed by atoms with E-state index in [1.54, 1.807) is 21.1 Å². The second-order valence-electron chi connectivity index (χ2n) is 17.5. The van der Waals surface area contributed by atoms with Gasteiger partial charge in [0.2, 0.25) is 0 Å². The minimum atomic E-state index is -1.14. The van der Waals surface area contributed by atoms with Gasteiger partial charge in [0, 0.05) is 19.3 Å². The summed E-state index contributed by atoms with van der Waals surface area (Å²) in [7, 11) is 5.39. The maximum absolute atomic E-state index is 12.8. The Balaban J connectivity index is 4.37. The normalized spacial score (nSPS) is 13.6. The van der Waals surface area contributed by atoms with Crippen molar-refractivity contribution in [2.75, 3.05) is 41.0 Å². The molecule has 0 N–H and O–H groups in total. The summed E-state index contributed by atoms with van der Waals surface area (Å²) in [6.45, 7) is 4.47. The maximum Gasteiger partial charge on any atom is 0.306 e. The molecule has 0 aromatic heterocycles. The molecule has 0 aliphatic heterocycles. The predicted molar refractivity (Wildman–Crippen MR) is 258 cm³/mol. The number of esters is 2. The maximum atomic E-state index is 12.8. The molecule has 0 bridgehead atoms. The Kier molecular flexibility index (Phi) is 41.6. The number of hydrogen-bond acceptors (Lipinski definition) is 7. The van der Waals surface area contributed by atoms with Gasteiger partial charge in [-0.05, 0) is 32.1 Å². The highest BCUT2D eigenvalue weighted by atomic mass is 16.6. The molecule has 0 spiro atoms. The van der Waals surface area contributed by atoms with Gasteiger partial charge in [-0.2, -0.15) is 0 Å². The van der Waals surface area contributed by atoms with Gasteiger partial charge in [0.25, 0.3) is 0 Å².